The predicted molar refractivity (Wildman–Crippen MR) is 63.1 cm³/mol. The summed E-state index contributed by atoms with van der Waals surface area (Å²) in [6.45, 7) is 0. The zero-order valence-corrected chi connectivity index (χ0v) is 9.60. The second-order valence-corrected chi connectivity index (χ2v) is 4.46. The fourth-order valence-corrected chi connectivity index (χ4v) is 2.42. The highest BCUT2D eigenvalue weighted by Gasteiger charge is 2.30. The molecule has 2 rings (SSSR count). The van der Waals surface area contributed by atoms with Gasteiger partial charge in [0.1, 0.15) is 5.78 Å². The molecule has 1 aromatic rings. The average Bonchev–Trinajstić information content (AvgIpc) is 2.38. The van der Waals surface area contributed by atoms with E-state index in [1.807, 2.05) is 0 Å². The molecule has 1 aliphatic rings. The summed E-state index contributed by atoms with van der Waals surface area (Å²) in [6, 6.07) is 9.00. The van der Waals surface area contributed by atoms with Crippen molar-refractivity contribution >= 4 is 5.78 Å². The molecular formula is C14H15NO2. The van der Waals surface area contributed by atoms with E-state index in [2.05, 4.69) is 6.07 Å². The highest BCUT2D eigenvalue weighted by atomic mass is 16.3. The molecule has 0 aromatic heterocycles. The van der Waals surface area contributed by atoms with Gasteiger partial charge in [0.25, 0.3) is 0 Å². The van der Waals surface area contributed by atoms with Gasteiger partial charge in [0.05, 0.1) is 17.7 Å². The van der Waals surface area contributed by atoms with Gasteiger partial charge in [-0.05, 0) is 24.5 Å². The number of aliphatic hydroxyl groups is 1. The van der Waals surface area contributed by atoms with E-state index in [0.717, 1.165) is 19.3 Å². The maximum absolute atomic E-state index is 11.8. The Hall–Kier alpha value is -1.66. The summed E-state index contributed by atoms with van der Waals surface area (Å²) in [5.74, 6) is -0.213. The summed E-state index contributed by atoms with van der Waals surface area (Å²) in [7, 11) is 0. The van der Waals surface area contributed by atoms with E-state index in [9.17, 15) is 9.90 Å². The Bertz CT molecular complexity index is 462. The molecule has 0 spiro atoms. The predicted octanol–water partition coefficient (Wildman–Crippen LogP) is 2.35. The average molecular weight is 229 g/mol. The van der Waals surface area contributed by atoms with Crippen LogP contribution in [-0.2, 0) is 4.79 Å². The lowest BCUT2D eigenvalue weighted by Gasteiger charge is -2.26. The van der Waals surface area contributed by atoms with Crippen LogP contribution in [0.3, 0.4) is 0 Å². The van der Waals surface area contributed by atoms with E-state index in [1.54, 1.807) is 24.3 Å². The van der Waals surface area contributed by atoms with E-state index >= 15 is 0 Å². The maximum atomic E-state index is 11.8. The van der Waals surface area contributed by atoms with Crippen molar-refractivity contribution in [1.82, 2.24) is 0 Å². The van der Waals surface area contributed by atoms with Gasteiger partial charge < -0.3 is 5.11 Å². The van der Waals surface area contributed by atoms with Gasteiger partial charge in [0.2, 0.25) is 0 Å². The number of Topliss-reactive ketones (excluding diaryl/α,β-unsaturated/α-hetero) is 1. The molecule has 17 heavy (non-hydrogen) atoms. The van der Waals surface area contributed by atoms with Crippen LogP contribution >= 0.6 is 0 Å². The fraction of sp³-hybridized carbons (Fsp3) is 0.429. The third-order valence-electron chi connectivity index (χ3n) is 3.38. The van der Waals surface area contributed by atoms with Gasteiger partial charge in [0.15, 0.2) is 0 Å². The minimum atomic E-state index is -0.835. The molecular weight excluding hydrogens is 214 g/mol. The Morgan fingerprint density at radius 1 is 1.35 bits per heavy atom. The second kappa shape index (κ2) is 5.11. The minimum Gasteiger partial charge on any atom is -0.388 e. The number of carbonyl (C=O) groups excluding carboxylic acids is 1. The van der Waals surface area contributed by atoms with Crippen molar-refractivity contribution in [1.29, 1.82) is 5.26 Å². The Labute approximate surface area is 101 Å². The lowest BCUT2D eigenvalue weighted by Crippen LogP contribution is -2.26. The largest absolute Gasteiger partial charge is 0.388 e. The van der Waals surface area contributed by atoms with Crippen molar-refractivity contribution in [2.75, 3.05) is 0 Å². The first-order valence-electron chi connectivity index (χ1n) is 5.94. The molecule has 1 fully saturated rings. The van der Waals surface area contributed by atoms with Crippen molar-refractivity contribution in [2.24, 2.45) is 5.92 Å². The van der Waals surface area contributed by atoms with Crippen molar-refractivity contribution < 1.29 is 9.90 Å². The highest BCUT2D eigenvalue weighted by molar-refractivity contribution is 5.82. The van der Waals surface area contributed by atoms with Crippen molar-refractivity contribution in [3.63, 3.8) is 0 Å². The van der Waals surface area contributed by atoms with Crippen LogP contribution in [0.2, 0.25) is 0 Å². The normalized spacial score (nSPS) is 21.9. The topological polar surface area (TPSA) is 61.1 Å². The zero-order chi connectivity index (χ0) is 12.3. The zero-order valence-electron chi connectivity index (χ0n) is 9.60. The number of benzene rings is 1. The monoisotopic (exact) mass is 229 g/mol. The highest BCUT2D eigenvalue weighted by Crippen LogP contribution is 2.33. The lowest BCUT2D eigenvalue weighted by atomic mass is 9.81. The molecule has 1 aromatic carbocycles. The molecule has 0 radical (unpaired) electrons. The van der Waals surface area contributed by atoms with Crippen LogP contribution in [0.1, 0.15) is 42.9 Å². The molecule has 3 nitrogen and oxygen atoms in total. The molecule has 1 aliphatic carbocycles. The van der Waals surface area contributed by atoms with Gasteiger partial charge >= 0.3 is 0 Å². The molecule has 0 bridgehead atoms. The first-order chi connectivity index (χ1) is 8.24. The van der Waals surface area contributed by atoms with Gasteiger partial charge in [-0.3, -0.25) is 4.79 Å². The van der Waals surface area contributed by atoms with E-state index in [0.29, 0.717) is 17.5 Å². The van der Waals surface area contributed by atoms with E-state index in [1.165, 1.54) is 0 Å². The summed E-state index contributed by atoms with van der Waals surface area (Å²) < 4.78 is 0. The quantitative estimate of drug-likeness (QED) is 0.846. The molecule has 2 atom stereocenters. The summed E-state index contributed by atoms with van der Waals surface area (Å²) in [5.41, 5.74) is 1.04. The van der Waals surface area contributed by atoms with Crippen LogP contribution in [0.5, 0.6) is 0 Å². The van der Waals surface area contributed by atoms with Crippen LogP contribution < -0.4 is 0 Å². The van der Waals surface area contributed by atoms with Crippen LogP contribution in [0.4, 0.5) is 0 Å². The van der Waals surface area contributed by atoms with Gasteiger partial charge in [-0.1, -0.05) is 24.6 Å². The molecule has 0 unspecified atom stereocenters. The number of carbonyl (C=O) groups is 1. The maximum Gasteiger partial charge on any atom is 0.138 e. The Balaban J connectivity index is 2.27. The Morgan fingerprint density at radius 3 is 2.82 bits per heavy atom. The Kier molecular flexibility index (Phi) is 3.55. The third kappa shape index (κ3) is 2.37. The SMILES string of the molecule is N#Cc1ccccc1[C@H](O)[C@@H]1CCCCC1=O. The number of ketones is 1. The lowest BCUT2D eigenvalue weighted by molar-refractivity contribution is -0.128. The number of nitriles is 1. The minimum absolute atomic E-state index is 0.122. The number of rotatable bonds is 2. The summed E-state index contributed by atoms with van der Waals surface area (Å²) in [5, 5.41) is 19.2. The van der Waals surface area contributed by atoms with E-state index < -0.39 is 6.10 Å². The molecule has 3 heteroatoms. The van der Waals surface area contributed by atoms with Crippen LogP contribution in [0.25, 0.3) is 0 Å². The number of hydrogen-bond donors (Lipinski definition) is 1. The molecule has 0 saturated heterocycles. The van der Waals surface area contributed by atoms with Crippen molar-refractivity contribution in [2.45, 2.75) is 31.8 Å². The smallest absolute Gasteiger partial charge is 0.138 e. The van der Waals surface area contributed by atoms with E-state index in [4.69, 9.17) is 5.26 Å². The summed E-state index contributed by atoms with van der Waals surface area (Å²) >= 11 is 0. The first-order valence-corrected chi connectivity index (χ1v) is 5.94. The molecule has 1 N–H and O–H groups in total. The van der Waals surface area contributed by atoms with Gasteiger partial charge in [0, 0.05) is 12.3 Å². The second-order valence-electron chi connectivity index (χ2n) is 4.46. The number of aliphatic hydroxyl groups excluding tert-OH is 1. The van der Waals surface area contributed by atoms with Gasteiger partial charge in [-0.2, -0.15) is 5.26 Å². The van der Waals surface area contributed by atoms with Gasteiger partial charge in [-0.25, -0.2) is 0 Å². The molecule has 1 saturated carbocycles. The van der Waals surface area contributed by atoms with Crippen LogP contribution in [-0.4, -0.2) is 10.9 Å². The number of nitrogens with zero attached hydrogens (tertiary/aromatic N) is 1. The number of hydrogen-bond acceptors (Lipinski definition) is 3. The molecule has 0 heterocycles. The summed E-state index contributed by atoms with van der Waals surface area (Å²) in [4.78, 5) is 11.8. The van der Waals surface area contributed by atoms with Crippen LogP contribution in [0, 0.1) is 17.2 Å². The first kappa shape index (κ1) is 11.8. The van der Waals surface area contributed by atoms with Crippen molar-refractivity contribution in [3.05, 3.63) is 35.4 Å². The molecule has 0 aliphatic heterocycles. The standard InChI is InChI=1S/C14H15NO2/c15-9-10-5-1-2-6-11(10)14(17)12-7-3-4-8-13(12)16/h1-2,5-6,12,14,17H,3-4,7-8H2/t12-,14+/m1/s1. The Morgan fingerprint density at radius 2 is 2.12 bits per heavy atom. The fourth-order valence-electron chi connectivity index (χ4n) is 2.42. The third-order valence-corrected chi connectivity index (χ3v) is 3.38. The summed E-state index contributed by atoms with van der Waals surface area (Å²) in [6.07, 6.45) is 2.33. The molecule has 0 amide bonds. The van der Waals surface area contributed by atoms with Crippen molar-refractivity contribution in [3.8, 4) is 6.07 Å². The van der Waals surface area contributed by atoms with E-state index in [-0.39, 0.29) is 11.7 Å². The van der Waals surface area contributed by atoms with Gasteiger partial charge in [-0.15, -0.1) is 0 Å². The van der Waals surface area contributed by atoms with Crippen LogP contribution in [0.15, 0.2) is 24.3 Å². The molecule has 88 valence electrons.